The highest BCUT2D eigenvalue weighted by molar-refractivity contribution is 5.89. The maximum atomic E-state index is 6.17. The Morgan fingerprint density at radius 1 is 1.05 bits per heavy atom. The van der Waals surface area contributed by atoms with Gasteiger partial charge in [-0.15, -0.1) is 0 Å². The Morgan fingerprint density at radius 3 is 2.32 bits per heavy atom. The molecule has 19 heavy (non-hydrogen) atoms. The highest BCUT2D eigenvalue weighted by Gasteiger charge is 2.17. The molecule has 0 aromatic heterocycles. The average molecular weight is 259 g/mol. The van der Waals surface area contributed by atoms with Crippen LogP contribution >= 0.6 is 0 Å². The molecule has 0 spiro atoms. The SMILES string of the molecule is COc1ccc2ccc(OC)c(CC(C)(C)N)c2c1. The van der Waals surface area contributed by atoms with Crippen molar-refractivity contribution in [2.24, 2.45) is 5.73 Å². The van der Waals surface area contributed by atoms with Crippen molar-refractivity contribution in [1.82, 2.24) is 0 Å². The second-order valence-electron chi connectivity index (χ2n) is 5.50. The van der Waals surface area contributed by atoms with Crippen LogP contribution in [0.5, 0.6) is 11.5 Å². The zero-order valence-corrected chi connectivity index (χ0v) is 12.0. The lowest BCUT2D eigenvalue weighted by atomic mass is 9.91. The number of hydrogen-bond acceptors (Lipinski definition) is 3. The molecule has 2 N–H and O–H groups in total. The van der Waals surface area contributed by atoms with Crippen LogP contribution in [-0.4, -0.2) is 19.8 Å². The second-order valence-corrected chi connectivity index (χ2v) is 5.50. The standard InChI is InChI=1S/C16H21NO2/c1-16(2,17)10-14-13-9-12(18-3)7-5-11(13)6-8-15(14)19-4/h5-9H,10,17H2,1-4H3. The van der Waals surface area contributed by atoms with Crippen molar-refractivity contribution in [3.05, 3.63) is 35.9 Å². The molecular formula is C16H21NO2. The maximum Gasteiger partial charge on any atom is 0.122 e. The molecule has 0 aliphatic heterocycles. The molecule has 0 bridgehead atoms. The van der Waals surface area contributed by atoms with Gasteiger partial charge in [-0.05, 0) is 49.2 Å². The van der Waals surface area contributed by atoms with Crippen molar-refractivity contribution in [1.29, 1.82) is 0 Å². The summed E-state index contributed by atoms with van der Waals surface area (Å²) in [5.41, 5.74) is 7.01. The third-order valence-electron chi connectivity index (χ3n) is 3.15. The van der Waals surface area contributed by atoms with E-state index in [1.54, 1.807) is 14.2 Å². The Balaban J connectivity index is 2.66. The fourth-order valence-electron chi connectivity index (χ4n) is 2.30. The Kier molecular flexibility index (Phi) is 3.67. The van der Waals surface area contributed by atoms with Gasteiger partial charge in [-0.25, -0.2) is 0 Å². The lowest BCUT2D eigenvalue weighted by Crippen LogP contribution is -2.34. The second kappa shape index (κ2) is 5.10. The smallest absolute Gasteiger partial charge is 0.122 e. The monoisotopic (exact) mass is 259 g/mol. The third-order valence-corrected chi connectivity index (χ3v) is 3.15. The molecule has 102 valence electrons. The van der Waals surface area contributed by atoms with Gasteiger partial charge in [0.2, 0.25) is 0 Å². The van der Waals surface area contributed by atoms with E-state index >= 15 is 0 Å². The number of methoxy groups -OCH3 is 2. The molecule has 0 saturated heterocycles. The average Bonchev–Trinajstić information content (AvgIpc) is 2.37. The first-order chi connectivity index (χ1) is 8.94. The molecule has 0 aliphatic rings. The van der Waals surface area contributed by atoms with E-state index in [0.717, 1.165) is 28.9 Å². The molecule has 2 aromatic carbocycles. The van der Waals surface area contributed by atoms with Crippen LogP contribution in [0.2, 0.25) is 0 Å². The van der Waals surface area contributed by atoms with Crippen LogP contribution in [-0.2, 0) is 6.42 Å². The van der Waals surface area contributed by atoms with Gasteiger partial charge in [-0.2, -0.15) is 0 Å². The summed E-state index contributed by atoms with van der Waals surface area (Å²) in [6.07, 6.45) is 0.751. The molecule has 0 fully saturated rings. The Labute approximate surface area is 114 Å². The maximum absolute atomic E-state index is 6.17. The number of rotatable bonds is 4. The summed E-state index contributed by atoms with van der Waals surface area (Å²) < 4.78 is 10.8. The fraction of sp³-hybridized carbons (Fsp3) is 0.375. The van der Waals surface area contributed by atoms with E-state index in [1.807, 2.05) is 32.0 Å². The molecule has 0 saturated carbocycles. The van der Waals surface area contributed by atoms with Crippen molar-refractivity contribution < 1.29 is 9.47 Å². The molecule has 2 aromatic rings. The van der Waals surface area contributed by atoms with Gasteiger partial charge in [-0.3, -0.25) is 0 Å². The fourth-order valence-corrected chi connectivity index (χ4v) is 2.30. The van der Waals surface area contributed by atoms with Crippen molar-refractivity contribution >= 4 is 10.8 Å². The van der Waals surface area contributed by atoms with E-state index < -0.39 is 0 Å². The Hall–Kier alpha value is -1.74. The molecule has 3 heteroatoms. The zero-order valence-electron chi connectivity index (χ0n) is 12.0. The van der Waals surface area contributed by atoms with Crippen LogP contribution in [0.4, 0.5) is 0 Å². The molecule has 0 atom stereocenters. The molecule has 0 heterocycles. The normalized spacial score (nSPS) is 11.6. The van der Waals surface area contributed by atoms with Gasteiger partial charge in [0, 0.05) is 11.1 Å². The summed E-state index contributed by atoms with van der Waals surface area (Å²) in [7, 11) is 3.36. The van der Waals surface area contributed by atoms with Crippen molar-refractivity contribution in [2.45, 2.75) is 25.8 Å². The van der Waals surface area contributed by atoms with Crippen molar-refractivity contribution in [3.8, 4) is 11.5 Å². The first-order valence-corrected chi connectivity index (χ1v) is 6.37. The van der Waals surface area contributed by atoms with Crippen LogP contribution in [0.15, 0.2) is 30.3 Å². The number of fused-ring (bicyclic) bond motifs is 1. The molecule has 2 rings (SSSR count). The summed E-state index contributed by atoms with van der Waals surface area (Å²) in [5.74, 6) is 1.72. The molecule has 0 amide bonds. The largest absolute Gasteiger partial charge is 0.497 e. The van der Waals surface area contributed by atoms with E-state index in [9.17, 15) is 0 Å². The van der Waals surface area contributed by atoms with E-state index in [4.69, 9.17) is 15.2 Å². The zero-order chi connectivity index (χ0) is 14.0. The van der Waals surface area contributed by atoms with Gasteiger partial charge in [0.25, 0.3) is 0 Å². The third kappa shape index (κ3) is 2.99. The van der Waals surface area contributed by atoms with Crippen LogP contribution in [0.3, 0.4) is 0 Å². The van der Waals surface area contributed by atoms with Gasteiger partial charge in [0.05, 0.1) is 14.2 Å². The van der Waals surface area contributed by atoms with E-state index in [2.05, 4.69) is 12.1 Å². The van der Waals surface area contributed by atoms with E-state index in [-0.39, 0.29) is 5.54 Å². The van der Waals surface area contributed by atoms with E-state index in [1.165, 1.54) is 5.39 Å². The predicted molar refractivity (Wildman–Crippen MR) is 79.0 cm³/mol. The summed E-state index contributed by atoms with van der Waals surface area (Å²) in [5, 5.41) is 2.30. The summed E-state index contributed by atoms with van der Waals surface area (Å²) in [6.45, 7) is 4.04. The summed E-state index contributed by atoms with van der Waals surface area (Å²) >= 11 is 0. The first kappa shape index (κ1) is 13.7. The molecular weight excluding hydrogens is 238 g/mol. The topological polar surface area (TPSA) is 44.5 Å². The van der Waals surface area contributed by atoms with Crippen LogP contribution in [0, 0.1) is 0 Å². The number of benzene rings is 2. The van der Waals surface area contributed by atoms with Crippen molar-refractivity contribution in [2.75, 3.05) is 14.2 Å². The first-order valence-electron chi connectivity index (χ1n) is 6.37. The number of hydrogen-bond donors (Lipinski definition) is 1. The Bertz CT molecular complexity index is 580. The van der Waals surface area contributed by atoms with Gasteiger partial charge in [0.1, 0.15) is 11.5 Å². The number of nitrogens with two attached hydrogens (primary N) is 1. The molecule has 3 nitrogen and oxygen atoms in total. The minimum absolute atomic E-state index is 0.287. The quantitative estimate of drug-likeness (QED) is 0.917. The minimum atomic E-state index is -0.287. The van der Waals surface area contributed by atoms with Crippen LogP contribution < -0.4 is 15.2 Å². The molecule has 0 unspecified atom stereocenters. The van der Waals surface area contributed by atoms with Crippen LogP contribution in [0.25, 0.3) is 10.8 Å². The van der Waals surface area contributed by atoms with Gasteiger partial charge >= 0.3 is 0 Å². The summed E-state index contributed by atoms with van der Waals surface area (Å²) in [6, 6.07) is 10.1. The van der Waals surface area contributed by atoms with Crippen LogP contribution in [0.1, 0.15) is 19.4 Å². The van der Waals surface area contributed by atoms with Gasteiger partial charge in [0.15, 0.2) is 0 Å². The highest BCUT2D eigenvalue weighted by atomic mass is 16.5. The lowest BCUT2D eigenvalue weighted by molar-refractivity contribution is 0.403. The summed E-state index contributed by atoms with van der Waals surface area (Å²) in [4.78, 5) is 0. The Morgan fingerprint density at radius 2 is 1.74 bits per heavy atom. The van der Waals surface area contributed by atoms with Gasteiger partial charge in [-0.1, -0.05) is 12.1 Å². The van der Waals surface area contributed by atoms with E-state index in [0.29, 0.717) is 0 Å². The minimum Gasteiger partial charge on any atom is -0.497 e. The highest BCUT2D eigenvalue weighted by Crippen LogP contribution is 2.32. The number of ether oxygens (including phenoxy) is 2. The predicted octanol–water partition coefficient (Wildman–Crippen LogP) is 3.14. The molecule has 0 radical (unpaired) electrons. The molecule has 0 aliphatic carbocycles. The van der Waals surface area contributed by atoms with Gasteiger partial charge < -0.3 is 15.2 Å². The van der Waals surface area contributed by atoms with Crippen molar-refractivity contribution in [3.63, 3.8) is 0 Å². The lowest BCUT2D eigenvalue weighted by Gasteiger charge is -2.22.